The Bertz CT molecular complexity index is 964. The molecule has 0 saturated heterocycles. The number of rotatable bonds is 4. The predicted octanol–water partition coefficient (Wildman–Crippen LogP) is 2.61. The van der Waals surface area contributed by atoms with E-state index in [9.17, 15) is 0 Å². The molecule has 3 aromatic rings. The molecule has 0 saturated carbocycles. The maximum absolute atomic E-state index is 4.89. The number of hydrogen-bond acceptors (Lipinski definition) is 6. The van der Waals surface area contributed by atoms with Crippen molar-refractivity contribution in [1.29, 1.82) is 0 Å². The Morgan fingerprint density at radius 2 is 2.00 bits per heavy atom. The summed E-state index contributed by atoms with van der Waals surface area (Å²) in [5.74, 6) is 3.82. The summed E-state index contributed by atoms with van der Waals surface area (Å²) < 4.78 is 2.06. The van der Waals surface area contributed by atoms with Crippen LogP contribution < -0.4 is 5.32 Å². The summed E-state index contributed by atoms with van der Waals surface area (Å²) in [6.07, 6.45) is 9.69. The molecule has 1 aliphatic heterocycles. The van der Waals surface area contributed by atoms with Crippen LogP contribution in [0.4, 0.5) is 5.82 Å². The number of aryl methyl sites for hydroxylation is 3. The highest BCUT2D eigenvalue weighted by atomic mass is 15.4. The molecular weight excluding hydrogens is 338 g/mol. The average molecular weight is 361 g/mol. The first-order chi connectivity index (χ1) is 13.3. The molecule has 7 nitrogen and oxygen atoms in total. The molecule has 1 atom stereocenters. The molecule has 0 radical (unpaired) electrons. The van der Waals surface area contributed by atoms with Crippen LogP contribution in [0.5, 0.6) is 0 Å². The predicted molar refractivity (Wildman–Crippen MR) is 102 cm³/mol. The number of hydrogen-bond donors (Lipinski definition) is 1. The minimum atomic E-state index is 0.314. The quantitative estimate of drug-likeness (QED) is 0.769. The highest BCUT2D eigenvalue weighted by Crippen LogP contribution is 2.30. The standard InChI is InChI=1S/C20H23N7/c1-2-17-24-18-7-6-14(12-27(18)26-17)22-20-15-4-3-5-16(15)23-19(25-20)13-8-10-21-11-9-13/h8-11,14H,2-7,12H2,1H3,(H,22,23,25). The van der Waals surface area contributed by atoms with Crippen molar-refractivity contribution in [3.63, 3.8) is 0 Å². The minimum absolute atomic E-state index is 0.314. The number of nitrogens with one attached hydrogen (secondary N) is 1. The first-order valence-electron chi connectivity index (χ1n) is 9.79. The first-order valence-corrected chi connectivity index (χ1v) is 9.79. The molecule has 3 aromatic heterocycles. The van der Waals surface area contributed by atoms with Gasteiger partial charge in [0.2, 0.25) is 0 Å². The van der Waals surface area contributed by atoms with Crippen molar-refractivity contribution in [3.05, 3.63) is 47.4 Å². The molecule has 0 amide bonds. The molecule has 1 aliphatic carbocycles. The van der Waals surface area contributed by atoms with Gasteiger partial charge in [-0.2, -0.15) is 5.10 Å². The number of pyridine rings is 1. The Hall–Kier alpha value is -2.83. The van der Waals surface area contributed by atoms with E-state index in [1.807, 2.05) is 12.1 Å². The Kier molecular flexibility index (Phi) is 4.07. The van der Waals surface area contributed by atoms with Crippen LogP contribution in [0.1, 0.15) is 42.7 Å². The SMILES string of the molecule is CCc1nc2n(n1)CC(Nc1nc(-c3ccncc3)nc3c1CCC3)CC2. The van der Waals surface area contributed by atoms with Crippen LogP contribution in [0.25, 0.3) is 11.4 Å². The molecule has 4 heterocycles. The van der Waals surface area contributed by atoms with Gasteiger partial charge >= 0.3 is 0 Å². The van der Waals surface area contributed by atoms with Crippen molar-refractivity contribution < 1.29 is 0 Å². The van der Waals surface area contributed by atoms with Gasteiger partial charge in [0, 0.05) is 48.1 Å². The fraction of sp³-hybridized carbons (Fsp3) is 0.450. The largest absolute Gasteiger partial charge is 0.365 e. The van der Waals surface area contributed by atoms with E-state index in [-0.39, 0.29) is 0 Å². The lowest BCUT2D eigenvalue weighted by Crippen LogP contribution is -2.32. The first kappa shape index (κ1) is 16.4. The zero-order valence-electron chi connectivity index (χ0n) is 15.5. The second kappa shape index (κ2) is 6.72. The van der Waals surface area contributed by atoms with E-state index in [1.165, 1.54) is 11.3 Å². The number of anilines is 1. The van der Waals surface area contributed by atoms with E-state index >= 15 is 0 Å². The Labute approximate surface area is 158 Å². The van der Waals surface area contributed by atoms with Crippen LogP contribution in [0, 0.1) is 0 Å². The minimum Gasteiger partial charge on any atom is -0.365 e. The normalized spacial score (nSPS) is 18.2. The molecule has 7 heteroatoms. The maximum atomic E-state index is 4.89. The third-order valence-corrected chi connectivity index (χ3v) is 5.43. The van der Waals surface area contributed by atoms with Gasteiger partial charge in [0.15, 0.2) is 11.6 Å². The van der Waals surface area contributed by atoms with Gasteiger partial charge in [-0.15, -0.1) is 0 Å². The smallest absolute Gasteiger partial charge is 0.161 e. The number of fused-ring (bicyclic) bond motifs is 2. The Morgan fingerprint density at radius 3 is 2.85 bits per heavy atom. The van der Waals surface area contributed by atoms with Crippen LogP contribution in [0.2, 0.25) is 0 Å². The molecule has 0 fully saturated rings. The topological polar surface area (TPSA) is 81.4 Å². The summed E-state index contributed by atoms with van der Waals surface area (Å²) in [4.78, 5) is 18.4. The van der Waals surface area contributed by atoms with Gasteiger partial charge in [0.1, 0.15) is 11.6 Å². The summed E-state index contributed by atoms with van der Waals surface area (Å²) >= 11 is 0. The third kappa shape index (κ3) is 3.07. The lowest BCUT2D eigenvalue weighted by atomic mass is 10.1. The second-order valence-electron chi connectivity index (χ2n) is 7.27. The van der Waals surface area contributed by atoms with Gasteiger partial charge < -0.3 is 5.32 Å². The molecule has 0 aromatic carbocycles. The third-order valence-electron chi connectivity index (χ3n) is 5.43. The van der Waals surface area contributed by atoms with E-state index in [2.05, 4.69) is 32.0 Å². The van der Waals surface area contributed by atoms with Gasteiger partial charge in [-0.25, -0.2) is 19.6 Å². The molecule has 27 heavy (non-hydrogen) atoms. The summed E-state index contributed by atoms with van der Waals surface area (Å²) in [6.45, 7) is 2.94. The van der Waals surface area contributed by atoms with E-state index in [4.69, 9.17) is 9.97 Å². The van der Waals surface area contributed by atoms with Crippen molar-refractivity contribution in [1.82, 2.24) is 29.7 Å². The lowest BCUT2D eigenvalue weighted by molar-refractivity contribution is 0.439. The van der Waals surface area contributed by atoms with E-state index in [1.54, 1.807) is 12.4 Å². The fourth-order valence-corrected chi connectivity index (χ4v) is 4.00. The van der Waals surface area contributed by atoms with E-state index in [0.29, 0.717) is 6.04 Å². The van der Waals surface area contributed by atoms with Gasteiger partial charge in [-0.05, 0) is 37.8 Å². The zero-order valence-corrected chi connectivity index (χ0v) is 15.5. The zero-order chi connectivity index (χ0) is 18.2. The molecule has 0 spiro atoms. The lowest BCUT2D eigenvalue weighted by Gasteiger charge is -2.25. The molecule has 138 valence electrons. The van der Waals surface area contributed by atoms with Crippen LogP contribution >= 0.6 is 0 Å². The highest BCUT2D eigenvalue weighted by molar-refractivity contribution is 5.60. The van der Waals surface area contributed by atoms with Crippen LogP contribution in [0.3, 0.4) is 0 Å². The molecule has 1 unspecified atom stereocenters. The van der Waals surface area contributed by atoms with Crippen molar-refractivity contribution >= 4 is 5.82 Å². The number of nitrogens with zero attached hydrogens (tertiary/aromatic N) is 6. The van der Waals surface area contributed by atoms with Crippen molar-refractivity contribution in [3.8, 4) is 11.4 Å². The molecule has 0 bridgehead atoms. The molecular formula is C20H23N7. The van der Waals surface area contributed by atoms with Crippen molar-refractivity contribution in [2.45, 2.75) is 58.0 Å². The summed E-state index contributed by atoms with van der Waals surface area (Å²) in [5.41, 5.74) is 3.48. The second-order valence-corrected chi connectivity index (χ2v) is 7.27. The summed E-state index contributed by atoms with van der Waals surface area (Å²) in [5, 5.41) is 8.33. The van der Waals surface area contributed by atoms with Crippen LogP contribution in [-0.2, 0) is 32.2 Å². The van der Waals surface area contributed by atoms with E-state index in [0.717, 1.165) is 73.9 Å². The summed E-state index contributed by atoms with van der Waals surface area (Å²) in [6, 6.07) is 4.25. The maximum Gasteiger partial charge on any atom is 0.161 e. The molecule has 5 rings (SSSR count). The fourth-order valence-electron chi connectivity index (χ4n) is 4.00. The van der Waals surface area contributed by atoms with Crippen molar-refractivity contribution in [2.75, 3.05) is 5.32 Å². The van der Waals surface area contributed by atoms with Gasteiger partial charge in [-0.1, -0.05) is 6.92 Å². The number of aromatic nitrogens is 6. The average Bonchev–Trinajstić information content (AvgIpc) is 3.34. The van der Waals surface area contributed by atoms with Gasteiger partial charge in [0.05, 0.1) is 6.54 Å². The monoisotopic (exact) mass is 361 g/mol. The van der Waals surface area contributed by atoms with Gasteiger partial charge in [0.25, 0.3) is 0 Å². The molecule has 1 N–H and O–H groups in total. The highest BCUT2D eigenvalue weighted by Gasteiger charge is 2.25. The van der Waals surface area contributed by atoms with Crippen molar-refractivity contribution in [2.24, 2.45) is 0 Å². The van der Waals surface area contributed by atoms with E-state index < -0.39 is 0 Å². The Morgan fingerprint density at radius 1 is 1.11 bits per heavy atom. The summed E-state index contributed by atoms with van der Waals surface area (Å²) in [7, 11) is 0. The van der Waals surface area contributed by atoms with Gasteiger partial charge in [-0.3, -0.25) is 4.98 Å². The van der Waals surface area contributed by atoms with Crippen LogP contribution in [-0.4, -0.2) is 35.8 Å². The molecule has 2 aliphatic rings. The van der Waals surface area contributed by atoms with Crippen LogP contribution in [0.15, 0.2) is 24.5 Å². The Balaban J connectivity index is 1.44.